The van der Waals surface area contributed by atoms with E-state index in [2.05, 4.69) is 34.4 Å². The van der Waals surface area contributed by atoms with Gasteiger partial charge in [-0.15, -0.1) is 10.2 Å². The van der Waals surface area contributed by atoms with E-state index in [-0.39, 0.29) is 5.97 Å². The highest BCUT2D eigenvalue weighted by Gasteiger charge is 2.12. The lowest BCUT2D eigenvalue weighted by Gasteiger charge is -2.00. The number of ether oxygens (including phenoxy) is 1. The number of aryl methyl sites for hydroxylation is 1. The highest BCUT2D eigenvalue weighted by molar-refractivity contribution is 7.17. The van der Waals surface area contributed by atoms with Crippen LogP contribution in [0.15, 0.2) is 60.9 Å². The minimum absolute atomic E-state index is 0.358. The van der Waals surface area contributed by atoms with Crippen molar-refractivity contribution in [3.8, 4) is 26.8 Å². The van der Waals surface area contributed by atoms with Crippen LogP contribution in [-0.4, -0.2) is 33.1 Å². The maximum absolute atomic E-state index is 11.5. The van der Waals surface area contributed by atoms with Gasteiger partial charge in [0.15, 0.2) is 5.01 Å². The first-order valence-electron chi connectivity index (χ1n) is 8.28. The van der Waals surface area contributed by atoms with Gasteiger partial charge in [0.05, 0.1) is 30.1 Å². The van der Waals surface area contributed by atoms with Crippen molar-refractivity contribution in [3.63, 3.8) is 0 Å². The van der Waals surface area contributed by atoms with Crippen LogP contribution in [0.3, 0.4) is 0 Å². The summed E-state index contributed by atoms with van der Waals surface area (Å²) >= 11 is 1.48. The molecule has 2 heterocycles. The Bertz CT molecular complexity index is 1080. The Morgan fingerprint density at radius 3 is 2.30 bits per heavy atom. The van der Waals surface area contributed by atoms with Gasteiger partial charge in [-0.1, -0.05) is 41.2 Å². The summed E-state index contributed by atoms with van der Waals surface area (Å²) in [5.41, 5.74) is 4.52. The van der Waals surface area contributed by atoms with Crippen molar-refractivity contribution in [1.82, 2.24) is 20.0 Å². The summed E-state index contributed by atoms with van der Waals surface area (Å²) in [6, 6.07) is 15.3. The molecule has 0 radical (unpaired) electrons. The second-order valence-corrected chi connectivity index (χ2v) is 6.97. The molecule has 0 amide bonds. The van der Waals surface area contributed by atoms with Crippen molar-refractivity contribution in [2.24, 2.45) is 0 Å². The molecule has 0 fully saturated rings. The Morgan fingerprint density at radius 2 is 1.63 bits per heavy atom. The summed E-state index contributed by atoms with van der Waals surface area (Å²) in [4.78, 5) is 11.5. The topological polar surface area (TPSA) is 69.9 Å². The standard InChI is InChI=1S/C20H16N4O2S/c1-13-3-9-17(10-4-13)24-12-16(11-21-24)19-23-22-18(27-19)14-5-7-15(8-6-14)20(25)26-2/h3-12H,1-2H3. The van der Waals surface area contributed by atoms with Crippen LogP contribution in [0.4, 0.5) is 0 Å². The number of carbonyl (C=O) groups is 1. The van der Waals surface area contributed by atoms with Crippen molar-refractivity contribution in [2.75, 3.05) is 7.11 Å². The molecule has 6 nitrogen and oxygen atoms in total. The van der Waals surface area contributed by atoms with E-state index in [9.17, 15) is 4.79 Å². The van der Waals surface area contributed by atoms with Gasteiger partial charge in [0.2, 0.25) is 0 Å². The maximum atomic E-state index is 11.5. The Labute approximate surface area is 160 Å². The molecular formula is C20H16N4O2S. The molecule has 7 heteroatoms. The highest BCUT2D eigenvalue weighted by atomic mass is 32.1. The normalized spacial score (nSPS) is 10.7. The first-order chi connectivity index (χ1) is 13.1. The van der Waals surface area contributed by atoms with Gasteiger partial charge in [-0.3, -0.25) is 0 Å². The summed E-state index contributed by atoms with van der Waals surface area (Å²) in [6.07, 6.45) is 3.72. The zero-order chi connectivity index (χ0) is 18.8. The lowest BCUT2D eigenvalue weighted by atomic mass is 10.1. The largest absolute Gasteiger partial charge is 0.465 e. The number of benzene rings is 2. The fourth-order valence-corrected chi connectivity index (χ4v) is 3.42. The maximum Gasteiger partial charge on any atom is 0.337 e. The molecule has 2 aromatic heterocycles. The molecule has 0 spiro atoms. The van der Waals surface area contributed by atoms with Gasteiger partial charge in [-0.05, 0) is 31.2 Å². The fraction of sp³-hybridized carbons (Fsp3) is 0.100. The van der Waals surface area contributed by atoms with Crippen LogP contribution in [0, 0.1) is 6.92 Å². The third kappa shape index (κ3) is 3.50. The van der Waals surface area contributed by atoms with E-state index >= 15 is 0 Å². The summed E-state index contributed by atoms with van der Waals surface area (Å²) in [6.45, 7) is 2.05. The smallest absolute Gasteiger partial charge is 0.337 e. The summed E-state index contributed by atoms with van der Waals surface area (Å²) in [7, 11) is 1.37. The quantitative estimate of drug-likeness (QED) is 0.500. The Balaban J connectivity index is 1.58. The molecule has 0 aliphatic heterocycles. The van der Waals surface area contributed by atoms with Crippen LogP contribution in [0.25, 0.3) is 26.8 Å². The molecule has 0 unspecified atom stereocenters. The Kier molecular flexibility index (Phi) is 4.52. The van der Waals surface area contributed by atoms with Crippen LogP contribution >= 0.6 is 11.3 Å². The van der Waals surface area contributed by atoms with Crippen molar-refractivity contribution in [3.05, 3.63) is 72.1 Å². The first kappa shape index (κ1) is 17.1. The molecule has 134 valence electrons. The monoisotopic (exact) mass is 376 g/mol. The molecule has 0 aliphatic rings. The van der Waals surface area contributed by atoms with Crippen LogP contribution in [0.2, 0.25) is 0 Å². The van der Waals surface area contributed by atoms with Crippen molar-refractivity contribution < 1.29 is 9.53 Å². The van der Waals surface area contributed by atoms with E-state index in [4.69, 9.17) is 4.74 Å². The number of methoxy groups -OCH3 is 1. The molecule has 0 saturated heterocycles. The number of nitrogens with zero attached hydrogens (tertiary/aromatic N) is 4. The average Bonchev–Trinajstić information content (AvgIpc) is 3.38. The number of carbonyl (C=O) groups excluding carboxylic acids is 1. The molecular weight excluding hydrogens is 360 g/mol. The second-order valence-electron chi connectivity index (χ2n) is 5.99. The lowest BCUT2D eigenvalue weighted by Crippen LogP contribution is -2.00. The van der Waals surface area contributed by atoms with Gasteiger partial charge >= 0.3 is 5.97 Å². The van der Waals surface area contributed by atoms with E-state index in [1.807, 2.05) is 35.1 Å². The number of esters is 1. The Hall–Kier alpha value is -3.32. The molecule has 2 aromatic carbocycles. The van der Waals surface area contributed by atoms with Gasteiger partial charge in [0, 0.05) is 11.8 Å². The van der Waals surface area contributed by atoms with Crippen molar-refractivity contribution >= 4 is 17.3 Å². The molecule has 0 atom stereocenters. The minimum Gasteiger partial charge on any atom is -0.465 e. The summed E-state index contributed by atoms with van der Waals surface area (Å²) in [5.74, 6) is -0.358. The first-order valence-corrected chi connectivity index (χ1v) is 9.10. The number of hydrogen-bond donors (Lipinski definition) is 0. The molecule has 4 aromatic rings. The van der Waals surface area contributed by atoms with Crippen LogP contribution in [0.5, 0.6) is 0 Å². The zero-order valence-electron chi connectivity index (χ0n) is 14.8. The van der Waals surface area contributed by atoms with Gasteiger partial charge in [-0.2, -0.15) is 5.10 Å². The van der Waals surface area contributed by atoms with Crippen LogP contribution in [-0.2, 0) is 4.74 Å². The predicted octanol–water partition coefficient (Wildman–Crippen LogP) is 4.15. The van der Waals surface area contributed by atoms with Gasteiger partial charge in [-0.25, -0.2) is 9.48 Å². The lowest BCUT2D eigenvalue weighted by molar-refractivity contribution is 0.0601. The second kappa shape index (κ2) is 7.13. The fourth-order valence-electron chi connectivity index (χ4n) is 2.60. The molecule has 4 rings (SSSR count). The number of hydrogen-bond acceptors (Lipinski definition) is 6. The van der Waals surface area contributed by atoms with E-state index in [0.29, 0.717) is 5.56 Å². The molecule has 27 heavy (non-hydrogen) atoms. The van der Waals surface area contributed by atoms with Crippen molar-refractivity contribution in [2.45, 2.75) is 6.92 Å². The molecule has 0 aliphatic carbocycles. The van der Waals surface area contributed by atoms with Gasteiger partial charge in [0.25, 0.3) is 0 Å². The number of aromatic nitrogens is 4. The van der Waals surface area contributed by atoms with Crippen molar-refractivity contribution in [1.29, 1.82) is 0 Å². The SMILES string of the molecule is COC(=O)c1ccc(-c2nnc(-c3cnn(-c4ccc(C)cc4)c3)s2)cc1. The van der Waals surface area contributed by atoms with Gasteiger partial charge < -0.3 is 4.74 Å². The van der Waals surface area contributed by atoms with E-state index in [1.54, 1.807) is 18.3 Å². The minimum atomic E-state index is -0.358. The summed E-state index contributed by atoms with van der Waals surface area (Å²) < 4.78 is 6.54. The predicted molar refractivity (Wildman–Crippen MR) is 104 cm³/mol. The number of rotatable bonds is 4. The highest BCUT2D eigenvalue weighted by Crippen LogP contribution is 2.30. The molecule has 0 N–H and O–H groups in total. The molecule has 0 bridgehead atoms. The van der Waals surface area contributed by atoms with Gasteiger partial charge in [0.1, 0.15) is 5.01 Å². The average molecular weight is 376 g/mol. The third-order valence-electron chi connectivity index (χ3n) is 4.11. The third-order valence-corrected chi connectivity index (χ3v) is 5.13. The zero-order valence-corrected chi connectivity index (χ0v) is 15.6. The van der Waals surface area contributed by atoms with E-state index in [0.717, 1.165) is 26.8 Å². The summed E-state index contributed by atoms with van der Waals surface area (Å²) in [5, 5.41) is 14.5. The van der Waals surface area contributed by atoms with E-state index < -0.39 is 0 Å². The van der Waals surface area contributed by atoms with Crippen LogP contribution in [0.1, 0.15) is 15.9 Å². The molecule has 0 saturated carbocycles. The van der Waals surface area contributed by atoms with E-state index in [1.165, 1.54) is 24.0 Å². The van der Waals surface area contributed by atoms with Crippen LogP contribution < -0.4 is 0 Å². The Morgan fingerprint density at radius 1 is 0.963 bits per heavy atom.